The summed E-state index contributed by atoms with van der Waals surface area (Å²) < 4.78 is 2.17. The van der Waals surface area contributed by atoms with Gasteiger partial charge in [-0.15, -0.1) is 10.2 Å². The van der Waals surface area contributed by atoms with Gasteiger partial charge in [-0.1, -0.05) is 13.3 Å². The molecular weight excluding hydrogens is 176 g/mol. The molecule has 4 nitrogen and oxygen atoms in total. The molecule has 1 atom stereocenters. The first-order valence-corrected chi connectivity index (χ1v) is 5.53. The Labute approximate surface area is 84.7 Å². The van der Waals surface area contributed by atoms with Gasteiger partial charge in [0.05, 0.1) is 6.04 Å². The van der Waals surface area contributed by atoms with Crippen LogP contribution in [0.4, 0.5) is 0 Å². The second-order valence-electron chi connectivity index (χ2n) is 3.89. The molecule has 0 aromatic carbocycles. The molecular formula is C10H18N4. The molecule has 0 saturated carbocycles. The smallest absolute Gasteiger partial charge is 0.149 e. The minimum Gasteiger partial charge on any atom is -0.316 e. The number of nitrogens with one attached hydrogen (secondary N) is 1. The molecule has 0 radical (unpaired) electrons. The number of aromatic nitrogens is 3. The summed E-state index contributed by atoms with van der Waals surface area (Å²) in [6, 6.07) is 0.429. The summed E-state index contributed by atoms with van der Waals surface area (Å²) in [7, 11) is 0. The van der Waals surface area contributed by atoms with Crippen LogP contribution in [0.5, 0.6) is 0 Å². The zero-order valence-electron chi connectivity index (χ0n) is 8.74. The minimum absolute atomic E-state index is 0.429. The Morgan fingerprint density at radius 3 is 3.21 bits per heavy atom. The normalized spacial score (nSPS) is 22.5. The van der Waals surface area contributed by atoms with Crippen molar-refractivity contribution >= 4 is 0 Å². The summed E-state index contributed by atoms with van der Waals surface area (Å²) in [5.74, 6) is 1.12. The molecule has 1 N–H and O–H groups in total. The van der Waals surface area contributed by atoms with E-state index in [9.17, 15) is 0 Å². The Hall–Kier alpha value is -0.900. The van der Waals surface area contributed by atoms with Crippen molar-refractivity contribution in [1.82, 2.24) is 20.1 Å². The highest BCUT2D eigenvalue weighted by Gasteiger charge is 2.19. The average Bonchev–Trinajstić information content (AvgIpc) is 2.68. The van der Waals surface area contributed by atoms with Gasteiger partial charge in [-0.3, -0.25) is 0 Å². The third-order valence-corrected chi connectivity index (χ3v) is 2.73. The van der Waals surface area contributed by atoms with Crippen molar-refractivity contribution in [3.63, 3.8) is 0 Å². The standard InChI is InChI=1S/C10H18N4/c1-2-7-14-8-12-13-10(14)9-5-3-4-6-11-9/h8-9,11H,2-7H2,1H3/t9-/m0/s1. The van der Waals surface area contributed by atoms with Crippen LogP contribution >= 0.6 is 0 Å². The van der Waals surface area contributed by atoms with E-state index in [-0.39, 0.29) is 0 Å². The summed E-state index contributed by atoms with van der Waals surface area (Å²) in [4.78, 5) is 0. The number of rotatable bonds is 3. The topological polar surface area (TPSA) is 42.7 Å². The highest BCUT2D eigenvalue weighted by atomic mass is 15.3. The van der Waals surface area contributed by atoms with Crippen LogP contribution in [0.15, 0.2) is 6.33 Å². The molecule has 1 fully saturated rings. The molecule has 14 heavy (non-hydrogen) atoms. The quantitative estimate of drug-likeness (QED) is 0.793. The predicted octanol–water partition coefficient (Wildman–Crippen LogP) is 1.50. The van der Waals surface area contributed by atoms with E-state index in [4.69, 9.17) is 0 Å². The largest absolute Gasteiger partial charge is 0.316 e. The number of aryl methyl sites for hydroxylation is 1. The van der Waals surface area contributed by atoms with E-state index in [0.29, 0.717) is 6.04 Å². The molecule has 1 aromatic rings. The van der Waals surface area contributed by atoms with Gasteiger partial charge in [0.25, 0.3) is 0 Å². The van der Waals surface area contributed by atoms with Crippen molar-refractivity contribution in [3.05, 3.63) is 12.2 Å². The SMILES string of the molecule is CCCn1cnnc1[C@@H]1CCCCN1. The molecule has 0 aliphatic carbocycles. The van der Waals surface area contributed by atoms with Crippen molar-refractivity contribution in [2.75, 3.05) is 6.54 Å². The van der Waals surface area contributed by atoms with Crippen LogP contribution in [0.2, 0.25) is 0 Å². The molecule has 1 aromatic heterocycles. The summed E-state index contributed by atoms with van der Waals surface area (Å²) in [6.07, 6.45) is 6.77. The summed E-state index contributed by atoms with van der Waals surface area (Å²) in [5.41, 5.74) is 0. The van der Waals surface area contributed by atoms with E-state index in [2.05, 4.69) is 27.0 Å². The van der Waals surface area contributed by atoms with Crippen LogP contribution in [0.3, 0.4) is 0 Å². The fraction of sp³-hybridized carbons (Fsp3) is 0.800. The Morgan fingerprint density at radius 1 is 1.57 bits per heavy atom. The predicted molar refractivity (Wildman–Crippen MR) is 54.9 cm³/mol. The van der Waals surface area contributed by atoms with Crippen LogP contribution in [0, 0.1) is 0 Å². The van der Waals surface area contributed by atoms with Gasteiger partial charge in [0, 0.05) is 6.54 Å². The lowest BCUT2D eigenvalue weighted by Crippen LogP contribution is -2.29. The average molecular weight is 194 g/mol. The van der Waals surface area contributed by atoms with E-state index >= 15 is 0 Å². The van der Waals surface area contributed by atoms with Gasteiger partial charge in [-0.05, 0) is 25.8 Å². The molecule has 4 heteroatoms. The van der Waals surface area contributed by atoms with Gasteiger partial charge >= 0.3 is 0 Å². The van der Waals surface area contributed by atoms with Crippen LogP contribution in [-0.4, -0.2) is 21.3 Å². The maximum Gasteiger partial charge on any atom is 0.149 e. The molecule has 78 valence electrons. The molecule has 0 spiro atoms. The maximum atomic E-state index is 4.21. The van der Waals surface area contributed by atoms with Crippen LogP contribution < -0.4 is 5.32 Å². The summed E-state index contributed by atoms with van der Waals surface area (Å²) in [5, 5.41) is 11.7. The minimum atomic E-state index is 0.429. The Kier molecular flexibility index (Phi) is 3.14. The number of hydrogen-bond acceptors (Lipinski definition) is 3. The summed E-state index contributed by atoms with van der Waals surface area (Å²) >= 11 is 0. The Morgan fingerprint density at radius 2 is 2.50 bits per heavy atom. The van der Waals surface area contributed by atoms with Gasteiger partial charge in [0.2, 0.25) is 0 Å². The van der Waals surface area contributed by atoms with Gasteiger partial charge in [0.1, 0.15) is 12.2 Å². The van der Waals surface area contributed by atoms with E-state index in [1.54, 1.807) is 0 Å². The lowest BCUT2D eigenvalue weighted by Gasteiger charge is -2.22. The van der Waals surface area contributed by atoms with Crippen molar-refractivity contribution in [3.8, 4) is 0 Å². The van der Waals surface area contributed by atoms with Crippen molar-refractivity contribution in [2.45, 2.75) is 45.2 Å². The van der Waals surface area contributed by atoms with E-state index in [0.717, 1.165) is 25.3 Å². The second-order valence-corrected chi connectivity index (χ2v) is 3.89. The zero-order chi connectivity index (χ0) is 9.80. The molecule has 1 aliphatic heterocycles. The van der Waals surface area contributed by atoms with Gasteiger partial charge in [-0.2, -0.15) is 0 Å². The molecule has 1 aliphatic rings. The monoisotopic (exact) mass is 194 g/mol. The fourth-order valence-electron chi connectivity index (χ4n) is 2.02. The lowest BCUT2D eigenvalue weighted by molar-refractivity contribution is 0.384. The third-order valence-electron chi connectivity index (χ3n) is 2.73. The second kappa shape index (κ2) is 4.55. The number of piperidine rings is 1. The van der Waals surface area contributed by atoms with Gasteiger partial charge in [-0.25, -0.2) is 0 Å². The highest BCUT2D eigenvalue weighted by molar-refractivity contribution is 4.96. The molecule has 0 amide bonds. The first kappa shape index (κ1) is 9.65. The molecule has 2 rings (SSSR count). The number of hydrogen-bond donors (Lipinski definition) is 1. The third kappa shape index (κ3) is 1.95. The molecule has 1 saturated heterocycles. The van der Waals surface area contributed by atoms with Gasteiger partial charge in [0.15, 0.2) is 0 Å². The maximum absolute atomic E-state index is 4.21. The number of nitrogens with zero attached hydrogens (tertiary/aromatic N) is 3. The summed E-state index contributed by atoms with van der Waals surface area (Å²) in [6.45, 7) is 4.32. The molecule has 0 unspecified atom stereocenters. The van der Waals surface area contributed by atoms with Crippen LogP contribution in [0.1, 0.15) is 44.5 Å². The molecule has 0 bridgehead atoms. The first-order chi connectivity index (χ1) is 6.92. The van der Waals surface area contributed by atoms with Crippen LogP contribution in [0.25, 0.3) is 0 Å². The molecule has 2 heterocycles. The van der Waals surface area contributed by atoms with E-state index < -0.39 is 0 Å². The van der Waals surface area contributed by atoms with E-state index in [1.807, 2.05) is 6.33 Å². The van der Waals surface area contributed by atoms with Crippen molar-refractivity contribution in [1.29, 1.82) is 0 Å². The van der Waals surface area contributed by atoms with Crippen molar-refractivity contribution in [2.24, 2.45) is 0 Å². The zero-order valence-corrected chi connectivity index (χ0v) is 8.74. The van der Waals surface area contributed by atoms with Crippen LogP contribution in [-0.2, 0) is 6.54 Å². The highest BCUT2D eigenvalue weighted by Crippen LogP contribution is 2.20. The van der Waals surface area contributed by atoms with E-state index in [1.165, 1.54) is 19.3 Å². The van der Waals surface area contributed by atoms with Gasteiger partial charge < -0.3 is 9.88 Å². The lowest BCUT2D eigenvalue weighted by atomic mass is 10.0. The Bertz CT molecular complexity index is 275. The van der Waals surface area contributed by atoms with Crippen molar-refractivity contribution < 1.29 is 0 Å². The first-order valence-electron chi connectivity index (χ1n) is 5.53. The Balaban J connectivity index is 2.09. The fourth-order valence-corrected chi connectivity index (χ4v) is 2.02.